The quantitative estimate of drug-likeness (QED) is 0.811. The van der Waals surface area contributed by atoms with Crippen molar-refractivity contribution >= 4 is 28.4 Å². The molecule has 136 valence electrons. The van der Waals surface area contributed by atoms with Gasteiger partial charge in [0.25, 0.3) is 0 Å². The molecule has 0 saturated heterocycles. The third-order valence-corrected chi connectivity index (χ3v) is 6.47. The average Bonchev–Trinajstić information content (AvgIpc) is 3.02. The molecule has 0 spiro atoms. The van der Waals surface area contributed by atoms with Gasteiger partial charge in [-0.3, -0.25) is 0 Å². The Kier molecular flexibility index (Phi) is 4.33. The van der Waals surface area contributed by atoms with E-state index in [0.29, 0.717) is 11.6 Å². The lowest BCUT2D eigenvalue weighted by atomic mass is 9.87. The molecular weight excluding hydrogens is 366 g/mol. The van der Waals surface area contributed by atoms with E-state index in [-0.39, 0.29) is 10.7 Å². The average molecular weight is 388 g/mol. The van der Waals surface area contributed by atoms with Gasteiger partial charge in [0.2, 0.25) is 0 Å². The second kappa shape index (κ2) is 6.29. The fraction of sp³-hybridized carbons (Fsp3) is 0.381. The van der Waals surface area contributed by atoms with Crippen LogP contribution in [0.2, 0.25) is 5.02 Å². The monoisotopic (exact) mass is 387 g/mol. The highest BCUT2D eigenvalue weighted by molar-refractivity contribution is 8.14. The Labute approximate surface area is 163 Å². The number of thioether (sulfide) groups is 1. The van der Waals surface area contributed by atoms with Gasteiger partial charge in [-0.2, -0.15) is 0 Å². The van der Waals surface area contributed by atoms with Crippen LogP contribution in [0.5, 0.6) is 5.75 Å². The van der Waals surface area contributed by atoms with Crippen molar-refractivity contribution in [3.8, 4) is 5.75 Å². The summed E-state index contributed by atoms with van der Waals surface area (Å²) in [7, 11) is 0. The molecular formula is C21H22ClNO2S. The van der Waals surface area contributed by atoms with Gasteiger partial charge in [-0.25, -0.2) is 4.99 Å². The summed E-state index contributed by atoms with van der Waals surface area (Å²) in [5, 5.41) is 12.6. The molecule has 2 aromatic carbocycles. The van der Waals surface area contributed by atoms with Crippen molar-refractivity contribution in [2.45, 2.75) is 43.6 Å². The molecule has 0 aromatic heterocycles. The van der Waals surface area contributed by atoms with E-state index in [4.69, 9.17) is 16.3 Å². The summed E-state index contributed by atoms with van der Waals surface area (Å²) in [5.74, 6) is 0.817. The molecule has 2 aliphatic rings. The molecule has 0 bridgehead atoms. The molecule has 4 rings (SSSR count). The third-order valence-electron chi connectivity index (χ3n) is 4.97. The van der Waals surface area contributed by atoms with Crippen LogP contribution in [0.15, 0.2) is 47.5 Å². The molecule has 2 aromatic rings. The summed E-state index contributed by atoms with van der Waals surface area (Å²) < 4.78 is 5.89. The van der Waals surface area contributed by atoms with Gasteiger partial charge >= 0.3 is 0 Å². The van der Waals surface area contributed by atoms with Crippen molar-refractivity contribution in [2.75, 3.05) is 6.61 Å². The third kappa shape index (κ3) is 3.15. The lowest BCUT2D eigenvalue weighted by Crippen LogP contribution is -2.27. The van der Waals surface area contributed by atoms with Crippen LogP contribution in [0.4, 0.5) is 0 Å². The fourth-order valence-electron chi connectivity index (χ4n) is 3.50. The van der Waals surface area contributed by atoms with Crippen molar-refractivity contribution in [2.24, 2.45) is 4.99 Å². The molecule has 0 amide bonds. The van der Waals surface area contributed by atoms with Gasteiger partial charge in [0, 0.05) is 10.6 Å². The molecule has 1 heterocycles. The van der Waals surface area contributed by atoms with Crippen LogP contribution in [0.1, 0.15) is 37.5 Å². The first-order chi connectivity index (χ1) is 12.3. The normalized spacial score (nSPS) is 24.2. The number of benzene rings is 2. The first kappa shape index (κ1) is 17.9. The fourth-order valence-corrected chi connectivity index (χ4v) is 4.95. The van der Waals surface area contributed by atoms with E-state index in [9.17, 15) is 5.11 Å². The second-order valence-electron chi connectivity index (χ2n) is 7.91. The van der Waals surface area contributed by atoms with Crippen LogP contribution >= 0.6 is 23.4 Å². The van der Waals surface area contributed by atoms with E-state index in [2.05, 4.69) is 37.9 Å². The van der Waals surface area contributed by atoms with E-state index < -0.39 is 5.72 Å². The molecule has 3 nitrogen and oxygen atoms in total. The van der Waals surface area contributed by atoms with Crippen molar-refractivity contribution < 1.29 is 9.84 Å². The molecule has 1 aliphatic heterocycles. The number of hydrogen-bond acceptors (Lipinski definition) is 4. The predicted molar refractivity (Wildman–Crippen MR) is 109 cm³/mol. The van der Waals surface area contributed by atoms with Crippen LogP contribution in [0.25, 0.3) is 0 Å². The topological polar surface area (TPSA) is 41.8 Å². The second-order valence-corrected chi connectivity index (χ2v) is 9.62. The van der Waals surface area contributed by atoms with Gasteiger partial charge in [0.15, 0.2) is 5.72 Å². The SMILES string of the molecule is CC(C)(C)c1ccc(OCC2=NC3(O)c4ccc(Cl)cc4CC3S2)cc1. The maximum Gasteiger partial charge on any atom is 0.196 e. The van der Waals surface area contributed by atoms with Gasteiger partial charge < -0.3 is 9.84 Å². The number of hydrogen-bond donors (Lipinski definition) is 1. The van der Waals surface area contributed by atoms with Gasteiger partial charge in [-0.05, 0) is 47.2 Å². The van der Waals surface area contributed by atoms with E-state index in [1.807, 2.05) is 30.3 Å². The zero-order valence-corrected chi connectivity index (χ0v) is 16.7. The minimum atomic E-state index is -1.15. The van der Waals surface area contributed by atoms with E-state index in [1.54, 1.807) is 11.8 Å². The molecule has 26 heavy (non-hydrogen) atoms. The van der Waals surface area contributed by atoms with E-state index in [0.717, 1.165) is 28.3 Å². The highest BCUT2D eigenvalue weighted by atomic mass is 35.5. The molecule has 2 unspecified atom stereocenters. The Hall–Kier alpha value is -1.49. The highest BCUT2D eigenvalue weighted by Gasteiger charge is 2.50. The molecule has 1 aliphatic carbocycles. The number of aliphatic hydroxyl groups is 1. The molecule has 0 radical (unpaired) electrons. The largest absolute Gasteiger partial charge is 0.487 e. The minimum Gasteiger partial charge on any atom is -0.487 e. The van der Waals surface area contributed by atoms with Crippen LogP contribution in [-0.2, 0) is 17.6 Å². The van der Waals surface area contributed by atoms with E-state index in [1.165, 1.54) is 5.56 Å². The summed E-state index contributed by atoms with van der Waals surface area (Å²) in [6.07, 6.45) is 0.768. The lowest BCUT2D eigenvalue weighted by Gasteiger charge is -2.19. The van der Waals surface area contributed by atoms with E-state index >= 15 is 0 Å². The van der Waals surface area contributed by atoms with Crippen molar-refractivity contribution in [3.05, 3.63) is 64.2 Å². The zero-order valence-electron chi connectivity index (χ0n) is 15.1. The Morgan fingerprint density at radius 2 is 1.96 bits per heavy atom. The Bertz CT molecular complexity index is 873. The van der Waals surface area contributed by atoms with Crippen LogP contribution in [-0.4, -0.2) is 22.0 Å². The Morgan fingerprint density at radius 1 is 1.23 bits per heavy atom. The van der Waals surface area contributed by atoms with Gasteiger partial charge in [-0.15, -0.1) is 0 Å². The minimum absolute atomic E-state index is 0.00201. The van der Waals surface area contributed by atoms with Crippen molar-refractivity contribution in [1.82, 2.24) is 0 Å². The number of fused-ring (bicyclic) bond motifs is 3. The molecule has 5 heteroatoms. The highest BCUT2D eigenvalue weighted by Crippen LogP contribution is 2.49. The summed E-state index contributed by atoms with van der Waals surface area (Å²) in [4.78, 5) is 4.59. The summed E-state index contributed by atoms with van der Waals surface area (Å²) in [6.45, 7) is 6.95. The maximum absolute atomic E-state index is 11.1. The van der Waals surface area contributed by atoms with Crippen molar-refractivity contribution in [3.63, 3.8) is 0 Å². The van der Waals surface area contributed by atoms with Gasteiger partial charge in [0.1, 0.15) is 17.4 Å². The molecule has 2 atom stereocenters. The summed E-state index contributed by atoms with van der Waals surface area (Å²) >= 11 is 7.67. The standard InChI is InChI=1S/C21H22ClNO2S/c1-20(2,3)14-4-7-16(8-5-14)25-12-19-23-21(24)17-9-6-15(22)10-13(17)11-18(21)26-19/h4-10,18,24H,11-12H2,1-3H3. The smallest absolute Gasteiger partial charge is 0.196 e. The first-order valence-corrected chi connectivity index (χ1v) is 10.0. The first-order valence-electron chi connectivity index (χ1n) is 8.76. The summed E-state index contributed by atoms with van der Waals surface area (Å²) in [5.41, 5.74) is 2.19. The number of ether oxygens (including phenoxy) is 1. The van der Waals surface area contributed by atoms with Crippen molar-refractivity contribution in [1.29, 1.82) is 0 Å². The van der Waals surface area contributed by atoms with Crippen LogP contribution < -0.4 is 4.74 Å². The lowest BCUT2D eigenvalue weighted by molar-refractivity contribution is 0.0577. The Balaban J connectivity index is 1.47. The van der Waals surface area contributed by atoms with Crippen LogP contribution in [0.3, 0.4) is 0 Å². The Morgan fingerprint density at radius 3 is 2.65 bits per heavy atom. The van der Waals surface area contributed by atoms with Gasteiger partial charge in [-0.1, -0.05) is 62.3 Å². The predicted octanol–water partition coefficient (Wildman–Crippen LogP) is 4.93. The van der Waals surface area contributed by atoms with Crippen LogP contribution in [0, 0.1) is 0 Å². The number of nitrogens with zero attached hydrogens (tertiary/aromatic N) is 1. The maximum atomic E-state index is 11.1. The summed E-state index contributed by atoms with van der Waals surface area (Å²) in [6, 6.07) is 13.8. The zero-order chi connectivity index (χ0) is 18.5. The molecule has 0 saturated carbocycles. The molecule has 0 fully saturated rings. The number of halogens is 1. The van der Waals surface area contributed by atoms with Gasteiger partial charge in [0.05, 0.1) is 5.25 Å². The number of rotatable bonds is 3. The number of aliphatic imine (C=N–C) groups is 1. The molecule has 1 N–H and O–H groups in total.